The molecule has 0 spiro atoms. The highest BCUT2D eigenvalue weighted by molar-refractivity contribution is 7.97. The summed E-state index contributed by atoms with van der Waals surface area (Å²) in [6.07, 6.45) is 0. The molecule has 5 heteroatoms. The molecule has 0 bridgehead atoms. The molecule has 2 rings (SSSR count). The van der Waals surface area contributed by atoms with Crippen LogP contribution in [0.2, 0.25) is 5.02 Å². The van der Waals surface area contributed by atoms with E-state index in [-0.39, 0.29) is 5.69 Å². The summed E-state index contributed by atoms with van der Waals surface area (Å²) >= 11 is 7.73. The number of non-ortho nitro benzene ring substituents is 1. The first kappa shape index (κ1) is 13.9. The lowest BCUT2D eigenvalue weighted by Gasteiger charge is -2.04. The highest BCUT2D eigenvalue weighted by Gasteiger charge is 2.09. The van der Waals surface area contributed by atoms with Gasteiger partial charge in [-0.1, -0.05) is 41.9 Å². The summed E-state index contributed by atoms with van der Waals surface area (Å²) in [6.45, 7) is 0. The van der Waals surface area contributed by atoms with E-state index in [9.17, 15) is 10.1 Å². The van der Waals surface area contributed by atoms with Crippen LogP contribution in [0.1, 0.15) is 11.1 Å². The SMILES string of the molecule is O=[N+]([O-])c1ccc(Cl)c(CSCc2ccccc2)c1. The Bertz CT molecular complexity index is 575. The fourth-order valence-electron chi connectivity index (χ4n) is 1.64. The third-order valence-electron chi connectivity index (χ3n) is 2.61. The lowest BCUT2D eigenvalue weighted by molar-refractivity contribution is -0.384. The molecule has 2 aromatic rings. The molecule has 0 saturated heterocycles. The Morgan fingerprint density at radius 3 is 2.53 bits per heavy atom. The number of rotatable bonds is 5. The van der Waals surface area contributed by atoms with Crippen molar-refractivity contribution in [3.05, 3.63) is 74.8 Å². The molecule has 0 aromatic heterocycles. The molecule has 0 aliphatic carbocycles. The first-order chi connectivity index (χ1) is 9.16. The van der Waals surface area contributed by atoms with Gasteiger partial charge in [0.25, 0.3) is 5.69 Å². The minimum absolute atomic E-state index is 0.0831. The summed E-state index contributed by atoms with van der Waals surface area (Å²) in [6, 6.07) is 14.6. The summed E-state index contributed by atoms with van der Waals surface area (Å²) in [5.41, 5.74) is 2.12. The molecule has 0 saturated carbocycles. The highest BCUT2D eigenvalue weighted by atomic mass is 35.5. The topological polar surface area (TPSA) is 43.1 Å². The molecule has 0 atom stereocenters. The molecular formula is C14H12ClNO2S. The second-order valence-corrected chi connectivity index (χ2v) is 5.40. The Balaban J connectivity index is 1.99. The van der Waals surface area contributed by atoms with Crippen LogP contribution in [0.25, 0.3) is 0 Å². The zero-order valence-electron chi connectivity index (χ0n) is 10.1. The van der Waals surface area contributed by atoms with Crippen molar-refractivity contribution in [1.82, 2.24) is 0 Å². The number of thioether (sulfide) groups is 1. The van der Waals surface area contributed by atoms with E-state index >= 15 is 0 Å². The van der Waals surface area contributed by atoms with Crippen LogP contribution >= 0.6 is 23.4 Å². The minimum atomic E-state index is -0.401. The maximum atomic E-state index is 10.7. The number of nitro benzene ring substituents is 1. The largest absolute Gasteiger partial charge is 0.269 e. The first-order valence-electron chi connectivity index (χ1n) is 5.71. The molecule has 0 N–H and O–H groups in total. The maximum absolute atomic E-state index is 10.7. The zero-order chi connectivity index (χ0) is 13.7. The molecule has 0 aliphatic rings. The molecule has 3 nitrogen and oxygen atoms in total. The van der Waals surface area contributed by atoms with Crippen molar-refractivity contribution in [1.29, 1.82) is 0 Å². The molecule has 98 valence electrons. The van der Waals surface area contributed by atoms with Crippen LogP contribution < -0.4 is 0 Å². The van der Waals surface area contributed by atoms with Gasteiger partial charge in [-0.2, -0.15) is 11.8 Å². The zero-order valence-corrected chi connectivity index (χ0v) is 11.7. The molecule has 0 aliphatic heterocycles. The van der Waals surface area contributed by atoms with E-state index in [1.54, 1.807) is 23.9 Å². The molecule has 19 heavy (non-hydrogen) atoms. The second kappa shape index (κ2) is 6.59. The van der Waals surface area contributed by atoms with Crippen LogP contribution in [0.15, 0.2) is 48.5 Å². The quantitative estimate of drug-likeness (QED) is 0.594. The molecule has 0 unspecified atom stereocenters. The van der Waals surface area contributed by atoms with E-state index in [0.29, 0.717) is 10.8 Å². The molecule has 0 fully saturated rings. The van der Waals surface area contributed by atoms with Crippen LogP contribution in [0.4, 0.5) is 5.69 Å². The van der Waals surface area contributed by atoms with Gasteiger partial charge in [0.15, 0.2) is 0 Å². The van der Waals surface area contributed by atoms with Crippen LogP contribution in [0, 0.1) is 10.1 Å². The molecular weight excluding hydrogens is 282 g/mol. The number of hydrogen-bond donors (Lipinski definition) is 0. The van der Waals surface area contributed by atoms with Crippen LogP contribution in [-0.4, -0.2) is 4.92 Å². The van der Waals surface area contributed by atoms with Gasteiger partial charge in [0.1, 0.15) is 0 Å². The molecule has 0 heterocycles. The van der Waals surface area contributed by atoms with Gasteiger partial charge in [-0.25, -0.2) is 0 Å². The Morgan fingerprint density at radius 2 is 1.84 bits per heavy atom. The van der Waals surface area contributed by atoms with Crippen LogP contribution in [0.5, 0.6) is 0 Å². The van der Waals surface area contributed by atoms with E-state index in [1.807, 2.05) is 18.2 Å². The predicted octanol–water partition coefficient (Wildman–Crippen LogP) is 4.68. The van der Waals surface area contributed by atoms with Crippen molar-refractivity contribution in [3.8, 4) is 0 Å². The summed E-state index contributed by atoms with van der Waals surface area (Å²) in [5, 5.41) is 11.3. The number of halogens is 1. The predicted molar refractivity (Wildman–Crippen MR) is 79.5 cm³/mol. The van der Waals surface area contributed by atoms with Gasteiger partial charge in [-0.3, -0.25) is 10.1 Å². The van der Waals surface area contributed by atoms with E-state index in [1.165, 1.54) is 11.6 Å². The Hall–Kier alpha value is -1.52. The Morgan fingerprint density at radius 1 is 1.11 bits per heavy atom. The first-order valence-corrected chi connectivity index (χ1v) is 7.24. The van der Waals surface area contributed by atoms with E-state index in [4.69, 9.17) is 11.6 Å². The number of nitrogens with zero attached hydrogens (tertiary/aromatic N) is 1. The summed E-state index contributed by atoms with van der Waals surface area (Å²) < 4.78 is 0. The van der Waals surface area contributed by atoms with Gasteiger partial charge in [0.2, 0.25) is 0 Å². The summed E-state index contributed by atoms with van der Waals surface area (Å²) in [7, 11) is 0. The fraction of sp³-hybridized carbons (Fsp3) is 0.143. The molecule has 0 radical (unpaired) electrons. The summed E-state index contributed by atoms with van der Waals surface area (Å²) in [5.74, 6) is 1.52. The Labute approximate surface area is 120 Å². The number of hydrogen-bond acceptors (Lipinski definition) is 3. The van der Waals surface area contributed by atoms with Gasteiger partial charge in [-0.15, -0.1) is 0 Å². The number of nitro groups is 1. The fourth-order valence-corrected chi connectivity index (χ4v) is 2.89. The van der Waals surface area contributed by atoms with Gasteiger partial charge in [0.05, 0.1) is 4.92 Å². The van der Waals surface area contributed by atoms with Crippen molar-refractivity contribution >= 4 is 29.1 Å². The lowest BCUT2D eigenvalue weighted by Crippen LogP contribution is -1.91. The lowest BCUT2D eigenvalue weighted by atomic mass is 10.2. The van der Waals surface area contributed by atoms with Gasteiger partial charge in [-0.05, 0) is 17.2 Å². The molecule has 0 amide bonds. The van der Waals surface area contributed by atoms with Crippen molar-refractivity contribution in [3.63, 3.8) is 0 Å². The van der Waals surface area contributed by atoms with Crippen LogP contribution in [-0.2, 0) is 11.5 Å². The average molecular weight is 294 g/mol. The average Bonchev–Trinajstić information content (AvgIpc) is 2.42. The van der Waals surface area contributed by atoms with Crippen molar-refractivity contribution < 1.29 is 4.92 Å². The third kappa shape index (κ3) is 3.98. The van der Waals surface area contributed by atoms with E-state index < -0.39 is 4.92 Å². The normalized spacial score (nSPS) is 10.4. The summed E-state index contributed by atoms with van der Waals surface area (Å²) in [4.78, 5) is 10.3. The van der Waals surface area contributed by atoms with Gasteiger partial charge < -0.3 is 0 Å². The van der Waals surface area contributed by atoms with Crippen molar-refractivity contribution in [2.75, 3.05) is 0 Å². The monoisotopic (exact) mass is 293 g/mol. The molecule has 2 aromatic carbocycles. The minimum Gasteiger partial charge on any atom is -0.258 e. The van der Waals surface area contributed by atoms with Crippen LogP contribution in [0.3, 0.4) is 0 Å². The number of benzene rings is 2. The van der Waals surface area contributed by atoms with Gasteiger partial charge >= 0.3 is 0 Å². The van der Waals surface area contributed by atoms with E-state index in [2.05, 4.69) is 12.1 Å². The second-order valence-electron chi connectivity index (χ2n) is 4.01. The highest BCUT2D eigenvalue weighted by Crippen LogP contribution is 2.27. The standard InChI is InChI=1S/C14H12ClNO2S/c15-14-7-6-13(16(17)18)8-12(14)10-19-9-11-4-2-1-3-5-11/h1-8H,9-10H2. The van der Waals surface area contributed by atoms with Crippen molar-refractivity contribution in [2.24, 2.45) is 0 Å². The van der Waals surface area contributed by atoms with E-state index in [0.717, 1.165) is 11.3 Å². The smallest absolute Gasteiger partial charge is 0.258 e. The van der Waals surface area contributed by atoms with Crippen molar-refractivity contribution in [2.45, 2.75) is 11.5 Å². The third-order valence-corrected chi connectivity index (χ3v) is 4.03. The maximum Gasteiger partial charge on any atom is 0.269 e. The Kier molecular flexibility index (Phi) is 4.82. The van der Waals surface area contributed by atoms with Gasteiger partial charge in [0, 0.05) is 28.7 Å².